The normalized spacial score (nSPS) is 25.9. The highest BCUT2D eigenvalue weighted by molar-refractivity contribution is 5.80. The second-order valence-electron chi connectivity index (χ2n) is 8.79. The summed E-state index contributed by atoms with van der Waals surface area (Å²) in [6.07, 6.45) is 7.09. The van der Waals surface area contributed by atoms with Crippen molar-refractivity contribution in [2.24, 2.45) is 4.99 Å². The summed E-state index contributed by atoms with van der Waals surface area (Å²) in [5.41, 5.74) is 1.13. The maximum Gasteiger partial charge on any atom is 0.193 e. The molecule has 2 heterocycles. The standard InChI is InChI=1S/C23H35FN4O/c1-25-22(28-11-8-21(17-28)27-12-14-29-15-13-27)26-18-23(9-3-2-4-10-23)19-6-5-7-20(24)16-19/h5-7,16,21H,2-4,8-15,17-18H2,1H3,(H,25,26). The van der Waals surface area contributed by atoms with E-state index in [-0.39, 0.29) is 11.2 Å². The van der Waals surface area contributed by atoms with Crippen LogP contribution in [0.3, 0.4) is 0 Å². The molecule has 4 rings (SSSR count). The third-order valence-corrected chi connectivity index (χ3v) is 7.07. The van der Waals surface area contributed by atoms with Crippen molar-refractivity contribution >= 4 is 5.96 Å². The number of ether oxygens (including phenoxy) is 1. The lowest BCUT2D eigenvalue weighted by Gasteiger charge is -2.39. The maximum atomic E-state index is 14.0. The zero-order valence-electron chi connectivity index (χ0n) is 17.7. The van der Waals surface area contributed by atoms with Gasteiger partial charge in [0.1, 0.15) is 5.82 Å². The van der Waals surface area contributed by atoms with Gasteiger partial charge < -0.3 is 15.0 Å². The van der Waals surface area contributed by atoms with E-state index in [2.05, 4.69) is 26.2 Å². The monoisotopic (exact) mass is 402 g/mol. The molecule has 160 valence electrons. The van der Waals surface area contributed by atoms with E-state index in [1.54, 1.807) is 12.1 Å². The quantitative estimate of drug-likeness (QED) is 0.621. The molecule has 2 aliphatic heterocycles. The number of nitrogens with zero attached hydrogens (tertiary/aromatic N) is 3. The average molecular weight is 403 g/mol. The Morgan fingerprint density at radius 2 is 2.00 bits per heavy atom. The first kappa shape index (κ1) is 20.6. The number of morpholine rings is 1. The van der Waals surface area contributed by atoms with E-state index in [1.165, 1.54) is 25.7 Å². The largest absolute Gasteiger partial charge is 0.379 e. The smallest absolute Gasteiger partial charge is 0.193 e. The van der Waals surface area contributed by atoms with Crippen LogP contribution in [0, 0.1) is 5.82 Å². The Morgan fingerprint density at radius 1 is 1.21 bits per heavy atom. The van der Waals surface area contributed by atoms with Gasteiger partial charge in [-0.2, -0.15) is 0 Å². The molecule has 1 atom stereocenters. The Kier molecular flexibility index (Phi) is 6.70. The number of halogens is 1. The van der Waals surface area contributed by atoms with Gasteiger partial charge in [-0.05, 0) is 37.0 Å². The van der Waals surface area contributed by atoms with Crippen LogP contribution in [0.25, 0.3) is 0 Å². The minimum absolute atomic E-state index is 0.000373. The van der Waals surface area contributed by atoms with Gasteiger partial charge >= 0.3 is 0 Å². The fraction of sp³-hybridized carbons (Fsp3) is 0.696. The number of likely N-dealkylation sites (tertiary alicyclic amines) is 1. The van der Waals surface area contributed by atoms with Crippen molar-refractivity contribution in [3.8, 4) is 0 Å². The molecule has 6 heteroatoms. The molecule has 2 saturated heterocycles. The van der Waals surface area contributed by atoms with Gasteiger partial charge in [0.2, 0.25) is 0 Å². The van der Waals surface area contributed by atoms with Crippen molar-refractivity contribution in [3.63, 3.8) is 0 Å². The predicted molar refractivity (Wildman–Crippen MR) is 115 cm³/mol. The summed E-state index contributed by atoms with van der Waals surface area (Å²) in [5.74, 6) is 0.854. The van der Waals surface area contributed by atoms with Crippen molar-refractivity contribution < 1.29 is 9.13 Å². The summed E-state index contributed by atoms with van der Waals surface area (Å²) in [6, 6.07) is 7.82. The van der Waals surface area contributed by atoms with Crippen LogP contribution in [0.1, 0.15) is 44.1 Å². The molecule has 0 spiro atoms. The minimum atomic E-state index is -0.135. The van der Waals surface area contributed by atoms with Crippen molar-refractivity contribution in [3.05, 3.63) is 35.6 Å². The predicted octanol–water partition coefficient (Wildman–Crippen LogP) is 3.01. The number of guanidine groups is 1. The van der Waals surface area contributed by atoms with E-state index >= 15 is 0 Å². The Morgan fingerprint density at radius 3 is 2.72 bits per heavy atom. The molecule has 0 aromatic heterocycles. The van der Waals surface area contributed by atoms with Crippen LogP contribution in [0.2, 0.25) is 0 Å². The summed E-state index contributed by atoms with van der Waals surface area (Å²) < 4.78 is 19.5. The second-order valence-corrected chi connectivity index (χ2v) is 8.79. The van der Waals surface area contributed by atoms with Crippen LogP contribution in [-0.2, 0) is 10.2 Å². The molecule has 1 unspecified atom stereocenters. The highest BCUT2D eigenvalue weighted by Crippen LogP contribution is 2.39. The molecule has 5 nitrogen and oxygen atoms in total. The average Bonchev–Trinajstić information content (AvgIpc) is 3.26. The molecule has 1 aromatic rings. The fourth-order valence-electron chi connectivity index (χ4n) is 5.37. The Labute approximate surface area is 174 Å². The van der Waals surface area contributed by atoms with E-state index in [0.29, 0.717) is 6.04 Å². The van der Waals surface area contributed by atoms with Gasteiger partial charge in [-0.25, -0.2) is 4.39 Å². The third-order valence-electron chi connectivity index (χ3n) is 7.07. The summed E-state index contributed by atoms with van der Waals surface area (Å²) in [5, 5.41) is 3.67. The molecule has 1 aromatic carbocycles. The molecule has 1 saturated carbocycles. The number of nitrogens with one attached hydrogen (secondary N) is 1. The van der Waals surface area contributed by atoms with Gasteiger partial charge in [-0.15, -0.1) is 0 Å². The van der Waals surface area contributed by atoms with Crippen LogP contribution in [0.15, 0.2) is 29.3 Å². The summed E-state index contributed by atoms with van der Waals surface area (Å²) >= 11 is 0. The zero-order chi connectivity index (χ0) is 20.1. The number of hydrogen-bond acceptors (Lipinski definition) is 3. The van der Waals surface area contributed by atoms with Crippen LogP contribution in [-0.4, -0.2) is 74.8 Å². The molecular formula is C23H35FN4O. The van der Waals surface area contributed by atoms with E-state index in [9.17, 15) is 4.39 Å². The first-order valence-corrected chi connectivity index (χ1v) is 11.2. The first-order chi connectivity index (χ1) is 14.2. The molecule has 0 amide bonds. The molecule has 0 radical (unpaired) electrons. The Bertz CT molecular complexity index is 698. The van der Waals surface area contributed by atoms with Crippen molar-refractivity contribution in [1.29, 1.82) is 0 Å². The lowest BCUT2D eigenvalue weighted by molar-refractivity contribution is 0.0194. The molecule has 29 heavy (non-hydrogen) atoms. The molecular weight excluding hydrogens is 367 g/mol. The van der Waals surface area contributed by atoms with E-state index in [0.717, 1.165) is 70.3 Å². The molecule has 1 aliphatic carbocycles. The highest BCUT2D eigenvalue weighted by Gasteiger charge is 2.36. The van der Waals surface area contributed by atoms with Crippen molar-refractivity contribution in [2.45, 2.75) is 50.0 Å². The van der Waals surface area contributed by atoms with Crippen LogP contribution >= 0.6 is 0 Å². The van der Waals surface area contributed by atoms with Gasteiger partial charge in [-0.3, -0.25) is 9.89 Å². The Hall–Kier alpha value is -1.66. The van der Waals surface area contributed by atoms with Crippen LogP contribution < -0.4 is 5.32 Å². The maximum absolute atomic E-state index is 14.0. The topological polar surface area (TPSA) is 40.1 Å². The van der Waals surface area contributed by atoms with Gasteiger partial charge in [0.25, 0.3) is 0 Å². The first-order valence-electron chi connectivity index (χ1n) is 11.2. The van der Waals surface area contributed by atoms with Crippen molar-refractivity contribution in [2.75, 3.05) is 53.0 Å². The van der Waals surface area contributed by atoms with Crippen LogP contribution in [0.5, 0.6) is 0 Å². The van der Waals surface area contributed by atoms with E-state index in [4.69, 9.17) is 4.74 Å². The molecule has 0 bridgehead atoms. The second kappa shape index (κ2) is 9.43. The lowest BCUT2D eigenvalue weighted by atomic mass is 9.69. The van der Waals surface area contributed by atoms with Gasteiger partial charge in [-0.1, -0.05) is 31.4 Å². The van der Waals surface area contributed by atoms with Gasteiger partial charge in [0.05, 0.1) is 13.2 Å². The molecule has 3 aliphatic rings. The highest BCUT2D eigenvalue weighted by atomic mass is 19.1. The van der Waals surface area contributed by atoms with Crippen molar-refractivity contribution in [1.82, 2.24) is 15.1 Å². The SMILES string of the molecule is CN=C(NCC1(c2cccc(F)c2)CCCCC1)N1CCC(N2CCOCC2)C1. The number of benzene rings is 1. The van der Waals surface area contributed by atoms with Gasteiger partial charge in [0, 0.05) is 51.2 Å². The summed E-state index contributed by atoms with van der Waals surface area (Å²) in [4.78, 5) is 9.54. The fourth-order valence-corrected chi connectivity index (χ4v) is 5.37. The Balaban J connectivity index is 1.41. The van der Waals surface area contributed by atoms with E-state index in [1.807, 2.05) is 13.1 Å². The number of aliphatic imine (C=N–C) groups is 1. The molecule has 3 fully saturated rings. The summed E-state index contributed by atoms with van der Waals surface area (Å²) in [6.45, 7) is 6.64. The minimum Gasteiger partial charge on any atom is -0.379 e. The van der Waals surface area contributed by atoms with E-state index < -0.39 is 0 Å². The number of hydrogen-bond donors (Lipinski definition) is 1. The number of rotatable bonds is 4. The summed E-state index contributed by atoms with van der Waals surface area (Å²) in [7, 11) is 1.88. The zero-order valence-corrected chi connectivity index (χ0v) is 17.7. The van der Waals surface area contributed by atoms with Gasteiger partial charge in [0.15, 0.2) is 5.96 Å². The van der Waals surface area contributed by atoms with Crippen LogP contribution in [0.4, 0.5) is 4.39 Å². The molecule has 1 N–H and O–H groups in total. The third kappa shape index (κ3) is 4.75. The lowest BCUT2D eigenvalue weighted by Crippen LogP contribution is -2.49.